The van der Waals surface area contributed by atoms with Gasteiger partial charge in [0.05, 0.1) is 5.92 Å². The summed E-state index contributed by atoms with van der Waals surface area (Å²) in [5.74, 6) is 0.829. The zero-order chi connectivity index (χ0) is 15.8. The number of carbonyl (C=O) groups is 1. The van der Waals surface area contributed by atoms with Crippen molar-refractivity contribution in [2.24, 2.45) is 5.92 Å². The van der Waals surface area contributed by atoms with Crippen LogP contribution in [0.2, 0.25) is 18.1 Å². The normalized spacial score (nSPS) is 21.5. The molecule has 2 nitrogen and oxygen atoms in total. The van der Waals surface area contributed by atoms with Crippen molar-refractivity contribution in [3.63, 3.8) is 0 Å². The van der Waals surface area contributed by atoms with Gasteiger partial charge < -0.3 is 4.74 Å². The quantitative estimate of drug-likeness (QED) is 0.307. The van der Waals surface area contributed by atoms with Gasteiger partial charge in [0, 0.05) is 8.80 Å². The Kier molecular flexibility index (Phi) is 7.17. The number of aryl methyl sites for hydroxylation is 1. The second-order valence-electron chi connectivity index (χ2n) is 6.63. The summed E-state index contributed by atoms with van der Waals surface area (Å²) < 4.78 is 5.56. The molecule has 0 radical (unpaired) electrons. The van der Waals surface area contributed by atoms with Crippen LogP contribution in [0.3, 0.4) is 0 Å². The summed E-state index contributed by atoms with van der Waals surface area (Å²) in [6, 6.07) is 12.1. The predicted molar refractivity (Wildman–Crippen MR) is 95.3 cm³/mol. The van der Waals surface area contributed by atoms with Crippen LogP contribution in [-0.4, -0.2) is 14.8 Å². The molecule has 0 bridgehead atoms. The van der Waals surface area contributed by atoms with Gasteiger partial charge in [-0.05, 0) is 37.0 Å². The van der Waals surface area contributed by atoms with Crippen molar-refractivity contribution in [3.8, 4) is 5.75 Å². The lowest BCUT2D eigenvalue weighted by atomic mass is 10.0. The molecular weight excluding hydrogens is 288 g/mol. The third kappa shape index (κ3) is 5.27. The molecule has 22 heavy (non-hydrogen) atoms. The molecule has 0 saturated carbocycles. The lowest BCUT2D eigenvalue weighted by molar-refractivity contribution is -0.139. The van der Waals surface area contributed by atoms with E-state index in [1.807, 2.05) is 24.3 Å². The van der Waals surface area contributed by atoms with Gasteiger partial charge in [-0.15, -0.1) is 0 Å². The molecule has 1 aliphatic heterocycles. The topological polar surface area (TPSA) is 26.3 Å². The summed E-state index contributed by atoms with van der Waals surface area (Å²) >= 11 is 0. The molecule has 0 spiro atoms. The van der Waals surface area contributed by atoms with Crippen molar-refractivity contribution in [2.45, 2.75) is 70.5 Å². The molecule has 0 atom stereocenters. The third-order valence-corrected chi connectivity index (χ3v) is 8.47. The molecule has 1 fully saturated rings. The van der Waals surface area contributed by atoms with E-state index in [-0.39, 0.29) is 11.9 Å². The van der Waals surface area contributed by atoms with Gasteiger partial charge in [0.15, 0.2) is 0 Å². The minimum Gasteiger partial charge on any atom is -0.426 e. The molecule has 0 N–H and O–H groups in total. The van der Waals surface area contributed by atoms with E-state index >= 15 is 0 Å². The first kappa shape index (κ1) is 17.3. The van der Waals surface area contributed by atoms with Crippen LogP contribution >= 0.6 is 0 Å². The van der Waals surface area contributed by atoms with Gasteiger partial charge in [0.25, 0.3) is 0 Å². The average Bonchev–Trinajstić information content (AvgIpc) is 2.56. The Morgan fingerprint density at radius 2 is 1.82 bits per heavy atom. The molecule has 1 aromatic rings. The number of carbonyl (C=O) groups excluding carboxylic acids is 1. The van der Waals surface area contributed by atoms with Crippen molar-refractivity contribution in [2.75, 3.05) is 0 Å². The number of esters is 1. The average molecular weight is 319 g/mol. The number of benzene rings is 1. The van der Waals surface area contributed by atoms with E-state index in [0.29, 0.717) is 5.75 Å². The lowest BCUT2D eigenvalue weighted by Crippen LogP contribution is -2.28. The maximum absolute atomic E-state index is 12.3. The van der Waals surface area contributed by atoms with Crippen molar-refractivity contribution >= 4 is 14.8 Å². The molecule has 1 saturated heterocycles. The number of hydrogen-bond donors (Lipinski definition) is 0. The highest BCUT2D eigenvalue weighted by molar-refractivity contribution is 6.59. The maximum atomic E-state index is 12.3. The van der Waals surface area contributed by atoms with E-state index in [2.05, 4.69) is 13.8 Å². The Bertz CT molecular complexity index is 447. The van der Waals surface area contributed by atoms with Crippen molar-refractivity contribution in [3.05, 3.63) is 29.8 Å². The highest BCUT2D eigenvalue weighted by atomic mass is 28.3. The number of hydrogen-bond acceptors (Lipinski definition) is 2. The van der Waals surface area contributed by atoms with Crippen LogP contribution in [-0.2, 0) is 11.2 Å². The Morgan fingerprint density at radius 1 is 1.14 bits per heavy atom. The fourth-order valence-corrected chi connectivity index (χ4v) is 6.84. The Balaban J connectivity index is 1.74. The maximum Gasteiger partial charge on any atom is 0.314 e. The standard InChI is InChI=1S/C19H30O2Si/c1-3-5-6-13-22-14-11-17(12-15-22)19(20)21-18-9-7-16(4-2)8-10-18/h7-10,17,22H,3-6,11-15H2,1-2H3. The van der Waals surface area contributed by atoms with Crippen LogP contribution in [0.4, 0.5) is 0 Å². The molecular formula is C19H30O2Si. The molecule has 0 unspecified atom stereocenters. The van der Waals surface area contributed by atoms with Gasteiger partial charge in [0.1, 0.15) is 5.75 Å². The van der Waals surface area contributed by atoms with Crippen LogP contribution in [0.1, 0.15) is 51.5 Å². The molecule has 0 amide bonds. The third-order valence-electron chi connectivity index (χ3n) is 4.95. The first-order valence-corrected chi connectivity index (χ1v) is 11.5. The second kappa shape index (κ2) is 9.14. The van der Waals surface area contributed by atoms with Gasteiger partial charge >= 0.3 is 5.97 Å². The smallest absolute Gasteiger partial charge is 0.314 e. The number of unbranched alkanes of at least 4 members (excludes halogenated alkanes) is 2. The molecule has 122 valence electrons. The largest absolute Gasteiger partial charge is 0.426 e. The van der Waals surface area contributed by atoms with Gasteiger partial charge in [-0.3, -0.25) is 4.79 Å². The molecule has 1 aromatic carbocycles. The molecule has 2 rings (SSSR count). The number of rotatable bonds is 7. The summed E-state index contributed by atoms with van der Waals surface area (Å²) in [7, 11) is -0.541. The Labute approximate surface area is 136 Å². The van der Waals surface area contributed by atoms with Crippen LogP contribution in [0.15, 0.2) is 24.3 Å². The molecule has 1 aliphatic rings. The lowest BCUT2D eigenvalue weighted by Gasteiger charge is -2.26. The van der Waals surface area contributed by atoms with E-state index in [0.717, 1.165) is 19.3 Å². The van der Waals surface area contributed by atoms with E-state index in [1.165, 1.54) is 43.0 Å². The first-order chi connectivity index (χ1) is 10.7. The summed E-state index contributed by atoms with van der Waals surface area (Å²) in [6.45, 7) is 4.39. The van der Waals surface area contributed by atoms with Gasteiger partial charge in [0.2, 0.25) is 0 Å². The van der Waals surface area contributed by atoms with Crippen LogP contribution in [0.25, 0.3) is 0 Å². The molecule has 1 heterocycles. The highest BCUT2D eigenvalue weighted by Crippen LogP contribution is 2.29. The van der Waals surface area contributed by atoms with Crippen molar-refractivity contribution in [1.82, 2.24) is 0 Å². The molecule has 0 aliphatic carbocycles. The summed E-state index contributed by atoms with van der Waals surface area (Å²) in [5.41, 5.74) is 1.28. The van der Waals surface area contributed by atoms with Crippen molar-refractivity contribution in [1.29, 1.82) is 0 Å². The fraction of sp³-hybridized carbons (Fsp3) is 0.632. The minimum atomic E-state index is -0.541. The second-order valence-corrected chi connectivity index (χ2v) is 10.1. The van der Waals surface area contributed by atoms with E-state index < -0.39 is 8.80 Å². The zero-order valence-electron chi connectivity index (χ0n) is 14.1. The molecule has 3 heteroatoms. The van der Waals surface area contributed by atoms with E-state index in [9.17, 15) is 4.79 Å². The summed E-state index contributed by atoms with van der Waals surface area (Å²) in [6.07, 6.45) is 7.24. The SMILES string of the molecule is CCCCC[SiH]1CCC(C(=O)Oc2ccc(CC)cc2)CC1. The van der Waals surface area contributed by atoms with Crippen LogP contribution in [0.5, 0.6) is 5.75 Å². The van der Waals surface area contributed by atoms with E-state index in [1.54, 1.807) is 0 Å². The van der Waals surface area contributed by atoms with Crippen LogP contribution < -0.4 is 4.74 Å². The summed E-state index contributed by atoms with van der Waals surface area (Å²) in [5, 5.41) is 0. The highest BCUT2D eigenvalue weighted by Gasteiger charge is 2.28. The monoisotopic (exact) mass is 318 g/mol. The number of ether oxygens (including phenoxy) is 1. The summed E-state index contributed by atoms with van der Waals surface area (Å²) in [4.78, 5) is 12.3. The predicted octanol–water partition coefficient (Wildman–Crippen LogP) is 4.98. The first-order valence-electron chi connectivity index (χ1n) is 9.03. The van der Waals surface area contributed by atoms with Crippen LogP contribution in [0, 0.1) is 5.92 Å². The van der Waals surface area contributed by atoms with Gasteiger partial charge in [-0.2, -0.15) is 0 Å². The Hall–Kier alpha value is -1.09. The van der Waals surface area contributed by atoms with E-state index in [4.69, 9.17) is 4.74 Å². The zero-order valence-corrected chi connectivity index (χ0v) is 15.3. The van der Waals surface area contributed by atoms with Crippen molar-refractivity contribution < 1.29 is 9.53 Å². The minimum absolute atomic E-state index is 0.00902. The molecule has 0 aromatic heterocycles. The Morgan fingerprint density at radius 3 is 2.41 bits per heavy atom. The van der Waals surface area contributed by atoms with Gasteiger partial charge in [-0.25, -0.2) is 0 Å². The van der Waals surface area contributed by atoms with Gasteiger partial charge in [-0.1, -0.05) is 63.4 Å². The fourth-order valence-electron chi connectivity index (χ4n) is 3.36.